The number of hydrogen-bond acceptors (Lipinski definition) is 44. The van der Waals surface area contributed by atoms with E-state index in [2.05, 4.69) is 47.5 Å². The molecular weight excluding hydrogens is 1840 g/mol. The van der Waals surface area contributed by atoms with Crippen LogP contribution in [0.2, 0.25) is 0 Å². The quantitative estimate of drug-likeness (QED) is 0.0149. The highest BCUT2D eigenvalue weighted by atomic mass is 32.1. The molecular formula is C91H135N13O29S3. The van der Waals surface area contributed by atoms with E-state index in [-0.39, 0.29) is 99.8 Å². The van der Waals surface area contributed by atoms with Gasteiger partial charge >= 0.3 is 65.7 Å². The van der Waals surface area contributed by atoms with E-state index in [0.717, 1.165) is 40.7 Å². The van der Waals surface area contributed by atoms with E-state index < -0.39 is 189 Å². The molecule has 1 aromatic carbocycles. The summed E-state index contributed by atoms with van der Waals surface area (Å²) in [6, 6.07) is 9.21. The molecule has 0 bridgehead atoms. The Bertz CT molecular complexity index is 4500. The molecule has 3 aromatic heterocycles. The van der Waals surface area contributed by atoms with Gasteiger partial charge in [-0.2, -0.15) is 13.1 Å². The smallest absolute Gasteiger partial charge is 0.347 e. The van der Waals surface area contributed by atoms with Gasteiger partial charge in [-0.25, -0.2) is 24.0 Å². The normalized spacial score (nSPS) is 18.6. The zero-order chi connectivity index (χ0) is 98.9. The molecule has 4 aromatic rings. The van der Waals surface area contributed by atoms with Crippen molar-refractivity contribution in [1.29, 1.82) is 0 Å². The maximum Gasteiger partial charge on any atom is 0.347 e. The number of esters is 11. The number of rotatable bonds is 55. The van der Waals surface area contributed by atoms with Crippen molar-refractivity contribution >= 4 is 124 Å². The molecule has 4 fully saturated rings. The minimum absolute atomic E-state index is 0.0770. The zero-order valence-electron chi connectivity index (χ0n) is 80.4. The first-order chi connectivity index (χ1) is 64.7. The van der Waals surface area contributed by atoms with E-state index in [9.17, 15) is 57.5 Å². The third kappa shape index (κ3) is 40.7. The fraction of sp³-hybridized carbons (Fsp3) is 0.692. The Balaban J connectivity index is 0.964. The summed E-state index contributed by atoms with van der Waals surface area (Å²) in [5.74, 6) is -10.4. The number of carbonyl (C=O) groups excluding carboxylic acids is 12. The summed E-state index contributed by atoms with van der Waals surface area (Å²) in [5, 5.41) is 12.7. The number of morpholine rings is 3. The Labute approximate surface area is 805 Å². The highest BCUT2D eigenvalue weighted by Crippen LogP contribution is 2.42. The van der Waals surface area contributed by atoms with Gasteiger partial charge in [0.1, 0.15) is 56.4 Å². The summed E-state index contributed by atoms with van der Waals surface area (Å²) in [6.07, 6.45) is -9.18. The molecule has 1 aliphatic carbocycles. The number of anilines is 3. The van der Waals surface area contributed by atoms with Crippen LogP contribution in [0, 0.1) is 11.8 Å². The monoisotopic (exact) mass is 1970 g/mol. The Morgan fingerprint density at radius 1 is 0.441 bits per heavy atom. The van der Waals surface area contributed by atoms with Crippen LogP contribution in [0.3, 0.4) is 0 Å². The predicted molar refractivity (Wildman–Crippen MR) is 495 cm³/mol. The van der Waals surface area contributed by atoms with Crippen LogP contribution in [0.1, 0.15) is 186 Å². The van der Waals surface area contributed by atoms with Crippen LogP contribution in [0.4, 0.5) is 17.5 Å². The van der Waals surface area contributed by atoms with Gasteiger partial charge in [0, 0.05) is 107 Å². The van der Waals surface area contributed by atoms with Crippen molar-refractivity contribution in [1.82, 2.24) is 47.5 Å². The molecule has 6 heterocycles. The van der Waals surface area contributed by atoms with Crippen molar-refractivity contribution < 1.29 is 138 Å². The second kappa shape index (κ2) is 56.5. The van der Waals surface area contributed by atoms with Gasteiger partial charge in [-0.15, -0.1) is 13.1 Å². The van der Waals surface area contributed by atoms with E-state index in [4.69, 9.17) is 80.5 Å². The molecule has 45 heteroatoms. The number of benzene rings is 1. The predicted octanol–water partition coefficient (Wildman–Crippen LogP) is 7.00. The highest BCUT2D eigenvalue weighted by Gasteiger charge is 2.48. The summed E-state index contributed by atoms with van der Waals surface area (Å²) < 4.78 is 124. The molecule has 5 unspecified atom stereocenters. The fourth-order valence-corrected chi connectivity index (χ4v) is 15.4. The molecule has 0 spiro atoms. The number of unbranched alkanes of at least 4 members (excludes halogenated alkanes) is 1. The van der Waals surface area contributed by atoms with Crippen molar-refractivity contribution in [3.05, 3.63) is 60.2 Å². The number of aryl methyl sites for hydroxylation is 1. The van der Waals surface area contributed by atoms with Crippen LogP contribution in [0.5, 0.6) is 17.6 Å². The number of allylic oxidation sites excluding steroid dienone is 2. The minimum Gasteiger partial charge on any atom is -0.470 e. The molecule has 4 N–H and O–H groups in total. The Morgan fingerprint density at radius 2 is 0.794 bits per heavy atom. The molecule has 13 atom stereocenters. The molecule has 756 valence electrons. The van der Waals surface area contributed by atoms with E-state index in [1.807, 2.05) is 113 Å². The van der Waals surface area contributed by atoms with Crippen LogP contribution in [0.25, 0.3) is 0 Å². The summed E-state index contributed by atoms with van der Waals surface area (Å²) in [4.78, 5) is 170. The Kier molecular flexibility index (Phi) is 46.0. The summed E-state index contributed by atoms with van der Waals surface area (Å²) in [6.45, 7) is 32.4. The van der Waals surface area contributed by atoms with Crippen molar-refractivity contribution in [2.45, 2.75) is 271 Å². The van der Waals surface area contributed by atoms with Crippen molar-refractivity contribution in [3.63, 3.8) is 0 Å². The zero-order valence-corrected chi connectivity index (χ0v) is 82.9. The first kappa shape index (κ1) is 111. The Hall–Kier alpha value is -10.4. The Morgan fingerprint density at radius 3 is 1.16 bits per heavy atom. The first-order valence-electron chi connectivity index (χ1n) is 46.2. The lowest BCUT2D eigenvalue weighted by atomic mass is 9.89. The average molecular weight is 1970 g/mol. The molecule has 1 amide bonds. The lowest BCUT2D eigenvalue weighted by molar-refractivity contribution is -0.180. The molecule has 1 saturated carbocycles. The van der Waals surface area contributed by atoms with Gasteiger partial charge in [-0.3, -0.25) is 33.6 Å². The standard InChI is InChI=1S/C91H135N13O29S3/c1-16-92-71(105)27-23-18-17-22-26-67-68(31-30-63(29-28-62-24-20-19-21-25-62)131-86(114)59(4)125-74(108)34-37-77(111)130-66(53-95-91(13,14)15)56-122-83-80(98-136-101-83)104-42-48-119-49-43-104)70(133-88(116)61(6)127-85(113)58(3)124-73(107)33-36-76(110)129-65(52-94-90(10,11)12)55-121-82-79(97-135-100-82)103-40-46-118-47-41-103)50-69(67)132-87(115)60(5)126-84(112)57(2)123-72(106)32-35-75(109)128-64(51-93-89(7,8)9)54-120-81-78(96-134-99-81)102-38-44-117-45-39-102/h17,19-22,24-25,30-31,57-61,63-70,93-95H,16,18,23,26-29,32-56H2,1-15H3,(H,92,105)/b22-17-,31-30+/t57?,58?,59?,60?,61?,63-,64-,65-,66-,67+,68+,69-,70+/m0/s1. The maximum absolute atomic E-state index is 14.6. The molecule has 8 rings (SSSR count). The largest absolute Gasteiger partial charge is 0.470 e. The topological polar surface area (TPSA) is 497 Å². The lowest BCUT2D eigenvalue weighted by Crippen LogP contribution is -2.44. The number of hydrogen-bond donors (Lipinski definition) is 4. The number of nitrogens with one attached hydrogen (secondary N) is 4. The van der Waals surface area contributed by atoms with Gasteiger partial charge in [0.15, 0.2) is 30.5 Å². The van der Waals surface area contributed by atoms with Gasteiger partial charge in [0.25, 0.3) is 17.6 Å². The van der Waals surface area contributed by atoms with Gasteiger partial charge in [0.2, 0.25) is 23.4 Å². The molecule has 3 aliphatic heterocycles. The SMILES string of the molecule is CCNC(=O)CCC/C=C\C[C@@H]1[C@@H](/C=C/[C@H](CCc2ccccc2)OC(=O)C(C)OC(=O)CCC(=O)O[C@@H](CNC(C)(C)C)COc2nsnc2N2CCOCC2)[C@H](OC(=O)C(C)OC(=O)C(C)OC(=O)CCC(=O)O[C@@H](CNC(C)(C)C)COc2nsnc2N2CCOCC2)C[C@@H]1OC(=O)C(C)OC(=O)C(C)OC(=O)CCC(=O)O[C@@H](CNC(C)(C)C)COc1nsnc1N1CCOCC1. The van der Waals surface area contributed by atoms with E-state index in [1.165, 1.54) is 34.6 Å². The molecule has 4 aliphatic rings. The van der Waals surface area contributed by atoms with Crippen LogP contribution in [-0.4, -0.2) is 306 Å². The molecule has 136 heavy (non-hydrogen) atoms. The highest BCUT2D eigenvalue weighted by molar-refractivity contribution is 7.00. The third-order valence-corrected chi connectivity index (χ3v) is 22.7. The first-order valence-corrected chi connectivity index (χ1v) is 48.4. The van der Waals surface area contributed by atoms with Crippen LogP contribution in [-0.2, 0) is 130 Å². The number of amides is 1. The van der Waals surface area contributed by atoms with E-state index in [1.54, 1.807) is 25.2 Å². The lowest BCUT2D eigenvalue weighted by Gasteiger charge is -2.27. The number of aromatic nitrogens is 6. The fourth-order valence-electron chi connectivity index (χ4n) is 13.9. The number of carbonyl (C=O) groups is 12. The summed E-state index contributed by atoms with van der Waals surface area (Å²) in [7, 11) is 0. The van der Waals surface area contributed by atoms with E-state index >= 15 is 0 Å². The van der Waals surface area contributed by atoms with Crippen molar-refractivity contribution in [2.24, 2.45) is 11.8 Å². The minimum atomic E-state index is -1.71. The van der Waals surface area contributed by atoms with Gasteiger partial charge in [-0.05, 0) is 148 Å². The number of ether oxygens (including phenoxy) is 17. The van der Waals surface area contributed by atoms with Crippen molar-refractivity contribution in [2.75, 3.05) is 140 Å². The average Bonchev–Trinajstić information content (AvgIpc) is 1.65. The maximum atomic E-state index is 14.6. The third-order valence-electron chi connectivity index (χ3n) is 21.2. The van der Waals surface area contributed by atoms with Gasteiger partial charge < -0.3 is 116 Å². The van der Waals surface area contributed by atoms with Crippen LogP contribution in [0.15, 0.2) is 54.6 Å². The van der Waals surface area contributed by atoms with Crippen LogP contribution < -0.4 is 50.2 Å². The van der Waals surface area contributed by atoms with Crippen molar-refractivity contribution in [3.8, 4) is 17.6 Å². The van der Waals surface area contributed by atoms with Crippen LogP contribution >= 0.6 is 35.2 Å². The molecule has 3 saturated heterocycles. The van der Waals surface area contributed by atoms with Gasteiger partial charge in [0.05, 0.1) is 113 Å². The second-order valence-corrected chi connectivity index (χ2v) is 37.6. The summed E-state index contributed by atoms with van der Waals surface area (Å²) in [5.41, 5.74) is -0.324. The van der Waals surface area contributed by atoms with E-state index in [0.29, 0.717) is 122 Å². The van der Waals surface area contributed by atoms with Gasteiger partial charge in [-0.1, -0.05) is 48.6 Å². The number of nitrogens with zero attached hydrogens (tertiary/aromatic N) is 9. The molecule has 0 radical (unpaired) electrons. The summed E-state index contributed by atoms with van der Waals surface area (Å²) >= 11 is 2.91. The molecule has 42 nitrogen and oxygen atoms in total. The second-order valence-electron chi connectivity index (χ2n) is 36.1.